The van der Waals surface area contributed by atoms with E-state index in [9.17, 15) is 24.0 Å². The van der Waals surface area contributed by atoms with Crippen molar-refractivity contribution in [2.45, 2.75) is 65.8 Å². The first-order chi connectivity index (χ1) is 18.2. The molecule has 11 nitrogen and oxygen atoms in total. The molecule has 1 heterocycles. The number of rotatable bonds is 7. The minimum absolute atomic E-state index is 0. The van der Waals surface area contributed by atoms with E-state index in [1.807, 2.05) is 0 Å². The predicted octanol–water partition coefficient (Wildman–Crippen LogP) is 3.48. The second-order valence-electron chi connectivity index (χ2n) is 10.3. The number of aliphatic hydroxyl groups excluding tert-OH is 1. The van der Waals surface area contributed by atoms with Crippen LogP contribution in [0.5, 0.6) is 0 Å². The molecular weight excluding hydrogens is 504 g/mol. The van der Waals surface area contributed by atoms with Crippen LogP contribution < -0.4 is 21.3 Å². The Balaban J connectivity index is 0. The molecule has 0 bridgehead atoms. The van der Waals surface area contributed by atoms with E-state index in [-0.39, 0.29) is 28.6 Å². The molecule has 2 aromatic rings. The largest absolute Gasteiger partial charge is 0.444 e. The van der Waals surface area contributed by atoms with Gasteiger partial charge in [-0.3, -0.25) is 24.5 Å². The number of anilines is 1. The van der Waals surface area contributed by atoms with Gasteiger partial charge in [-0.05, 0) is 63.4 Å². The lowest BCUT2D eigenvalue weighted by atomic mass is 10.0. The first kappa shape index (κ1) is 31.0. The van der Waals surface area contributed by atoms with Crippen molar-refractivity contribution in [2.24, 2.45) is 5.92 Å². The molecule has 2 atom stereocenters. The summed E-state index contributed by atoms with van der Waals surface area (Å²) in [7, 11) is 0. The van der Waals surface area contributed by atoms with E-state index in [1.165, 1.54) is 0 Å². The van der Waals surface area contributed by atoms with Gasteiger partial charge < -0.3 is 25.8 Å². The van der Waals surface area contributed by atoms with Crippen LogP contribution in [0, 0.1) is 5.92 Å². The van der Waals surface area contributed by atoms with E-state index in [4.69, 9.17) is 9.84 Å². The molecule has 216 valence electrons. The smallest absolute Gasteiger partial charge is 0.408 e. The zero-order valence-electron chi connectivity index (χ0n) is 23.0. The lowest BCUT2D eigenvalue weighted by molar-refractivity contribution is -0.128. The van der Waals surface area contributed by atoms with Gasteiger partial charge in [-0.15, -0.1) is 0 Å². The lowest BCUT2D eigenvalue weighted by Crippen LogP contribution is -2.54. The van der Waals surface area contributed by atoms with Gasteiger partial charge in [0, 0.05) is 9.97 Å². The third-order valence-corrected chi connectivity index (χ3v) is 5.42. The maximum atomic E-state index is 12.5. The van der Waals surface area contributed by atoms with Gasteiger partial charge in [-0.25, -0.2) is 4.79 Å². The fraction of sp³-hybridized carbons (Fsp3) is 0.393. The fourth-order valence-electron chi connectivity index (χ4n) is 3.40. The van der Waals surface area contributed by atoms with E-state index in [2.05, 4.69) is 21.3 Å². The number of amides is 5. The van der Waals surface area contributed by atoms with Gasteiger partial charge in [0.25, 0.3) is 11.8 Å². The van der Waals surface area contributed by atoms with Crippen molar-refractivity contribution in [2.75, 3.05) is 5.32 Å². The Morgan fingerprint density at radius 1 is 0.897 bits per heavy atom. The second-order valence-corrected chi connectivity index (χ2v) is 10.3. The topological polar surface area (TPSA) is 163 Å². The van der Waals surface area contributed by atoms with Crippen LogP contribution in [0.1, 0.15) is 72.1 Å². The van der Waals surface area contributed by atoms with Crippen LogP contribution in [0.3, 0.4) is 0 Å². The summed E-state index contributed by atoms with van der Waals surface area (Å²) < 4.78 is 5.19. The quantitative estimate of drug-likeness (QED) is 0.332. The number of imide groups is 1. The first-order valence-electron chi connectivity index (χ1n) is 12.5. The second kappa shape index (κ2) is 13.5. The molecule has 3 rings (SSSR count). The van der Waals surface area contributed by atoms with Crippen molar-refractivity contribution in [3.8, 4) is 0 Å². The van der Waals surface area contributed by atoms with Crippen LogP contribution in [0.2, 0.25) is 0 Å². The summed E-state index contributed by atoms with van der Waals surface area (Å²) in [6.45, 7) is 10.2. The van der Waals surface area contributed by atoms with Gasteiger partial charge >= 0.3 is 6.09 Å². The van der Waals surface area contributed by atoms with Crippen LogP contribution in [-0.2, 0) is 20.9 Å². The Bertz CT molecular complexity index is 1190. The molecule has 1 aliphatic heterocycles. The van der Waals surface area contributed by atoms with Crippen molar-refractivity contribution in [1.29, 1.82) is 0 Å². The number of carbonyl (C=O) groups is 5. The average molecular weight is 547 g/mol. The molecule has 0 spiro atoms. The van der Waals surface area contributed by atoms with E-state index in [1.54, 1.807) is 90.1 Å². The molecular formula is C28H42N4O7. The zero-order chi connectivity index (χ0) is 29.3. The molecule has 39 heavy (non-hydrogen) atoms. The molecule has 5 amide bonds. The van der Waals surface area contributed by atoms with Crippen LogP contribution in [0.4, 0.5) is 10.5 Å². The molecule has 0 fully saturated rings. The fourth-order valence-corrected chi connectivity index (χ4v) is 3.40. The van der Waals surface area contributed by atoms with Gasteiger partial charge in [-0.1, -0.05) is 38.1 Å². The Hall–Kier alpha value is -4.25. The summed E-state index contributed by atoms with van der Waals surface area (Å²) in [5.41, 5.74) is 1.54. The first-order valence-corrected chi connectivity index (χ1v) is 12.5. The maximum absolute atomic E-state index is 12.5. The standard InChI is InChI=1S/C20H31N3O5.C8H5NO2.3H2/c1-12(2)16(23-19(27)28-20(4,5)6)18(26)21-13(3)17(25)22-15-9-7-14(11-24)8-10-15;10-7-5-3-1-2-4-6(5)8(11)9-7;;;/h7-10,12-13,16,24H,11H2,1-6H3,(H,21,26)(H,22,25)(H,23,27);1-4H,(H,9,10,11);3*1H. The molecule has 11 heteroatoms. The number of ether oxygens (including phenoxy) is 1. The number of nitrogens with one attached hydrogen (secondary N) is 4. The lowest BCUT2D eigenvalue weighted by Gasteiger charge is -2.26. The highest BCUT2D eigenvalue weighted by atomic mass is 16.6. The predicted molar refractivity (Wildman–Crippen MR) is 151 cm³/mol. The number of carbonyl (C=O) groups excluding carboxylic acids is 5. The highest BCUT2D eigenvalue weighted by molar-refractivity contribution is 6.21. The third kappa shape index (κ3) is 9.53. The SMILES string of the molecule is CC(NC(=O)C(NC(=O)OC(C)(C)C)C(C)C)C(=O)Nc1ccc(CO)cc1.O=C1NC(=O)c2ccccc21.[HH].[HH].[HH]. The average Bonchev–Trinajstić information content (AvgIpc) is 3.15. The molecule has 0 saturated heterocycles. The van der Waals surface area contributed by atoms with Crippen LogP contribution >= 0.6 is 0 Å². The molecule has 0 saturated carbocycles. The summed E-state index contributed by atoms with van der Waals surface area (Å²) in [6, 6.07) is 11.8. The van der Waals surface area contributed by atoms with Gasteiger partial charge in [0.2, 0.25) is 11.8 Å². The molecule has 2 aromatic carbocycles. The zero-order valence-corrected chi connectivity index (χ0v) is 23.0. The number of alkyl carbamates (subject to hydrolysis) is 1. The molecule has 5 N–H and O–H groups in total. The number of aliphatic hydroxyl groups is 1. The normalized spacial score (nSPS) is 13.7. The summed E-state index contributed by atoms with van der Waals surface area (Å²) in [5.74, 6) is -1.67. The monoisotopic (exact) mass is 546 g/mol. The number of fused-ring (bicyclic) bond motifs is 1. The number of benzene rings is 2. The van der Waals surface area contributed by atoms with Gasteiger partial charge in [0.15, 0.2) is 0 Å². The van der Waals surface area contributed by atoms with Crippen LogP contribution in [-0.4, -0.2) is 52.5 Å². The van der Waals surface area contributed by atoms with E-state index in [0.29, 0.717) is 16.8 Å². The van der Waals surface area contributed by atoms with Gasteiger partial charge in [-0.2, -0.15) is 0 Å². The highest BCUT2D eigenvalue weighted by Crippen LogP contribution is 2.14. The third-order valence-electron chi connectivity index (χ3n) is 5.42. The van der Waals surface area contributed by atoms with Crippen LogP contribution in [0.25, 0.3) is 0 Å². The molecule has 1 aliphatic rings. The van der Waals surface area contributed by atoms with Crippen molar-refractivity contribution in [1.82, 2.24) is 16.0 Å². The van der Waals surface area contributed by atoms with Crippen molar-refractivity contribution in [3.05, 3.63) is 65.2 Å². The molecule has 0 radical (unpaired) electrons. The van der Waals surface area contributed by atoms with E-state index < -0.39 is 35.6 Å². The Labute approximate surface area is 232 Å². The minimum atomic E-state index is -0.839. The molecule has 2 unspecified atom stereocenters. The van der Waals surface area contributed by atoms with E-state index in [0.717, 1.165) is 5.56 Å². The summed E-state index contributed by atoms with van der Waals surface area (Å²) in [5, 5.41) is 19.1. The van der Waals surface area contributed by atoms with Crippen molar-refractivity contribution in [3.63, 3.8) is 0 Å². The molecule has 0 aliphatic carbocycles. The Kier molecular flexibility index (Phi) is 10.7. The van der Waals surface area contributed by atoms with Crippen molar-refractivity contribution < 1.29 is 38.1 Å². The summed E-state index contributed by atoms with van der Waals surface area (Å²) in [4.78, 5) is 58.7. The number of hydrogen-bond acceptors (Lipinski definition) is 7. The van der Waals surface area contributed by atoms with Gasteiger partial charge in [0.1, 0.15) is 17.7 Å². The molecule has 0 aromatic heterocycles. The Morgan fingerprint density at radius 2 is 1.44 bits per heavy atom. The maximum Gasteiger partial charge on any atom is 0.408 e. The minimum Gasteiger partial charge on any atom is -0.444 e. The Morgan fingerprint density at radius 3 is 1.90 bits per heavy atom. The van der Waals surface area contributed by atoms with Crippen molar-refractivity contribution >= 4 is 35.4 Å². The highest BCUT2D eigenvalue weighted by Gasteiger charge is 2.29. The number of hydrogen-bond donors (Lipinski definition) is 5. The van der Waals surface area contributed by atoms with Gasteiger partial charge in [0.05, 0.1) is 17.7 Å². The van der Waals surface area contributed by atoms with Crippen LogP contribution in [0.15, 0.2) is 48.5 Å². The summed E-state index contributed by atoms with van der Waals surface area (Å²) >= 11 is 0. The summed E-state index contributed by atoms with van der Waals surface area (Å²) in [6.07, 6.45) is -0.692. The van der Waals surface area contributed by atoms with E-state index >= 15 is 0 Å².